The number of fused-ring (bicyclic) bond motifs is 5. The average Bonchev–Trinajstić information content (AvgIpc) is 3.60. The van der Waals surface area contributed by atoms with Crippen molar-refractivity contribution in [2.45, 2.75) is 18.9 Å². The zero-order chi connectivity index (χ0) is 26.1. The number of rotatable bonds is 9. The van der Waals surface area contributed by atoms with E-state index in [0.29, 0.717) is 17.2 Å². The first-order chi connectivity index (χ1) is 17.9. The van der Waals surface area contributed by atoms with Crippen LogP contribution in [-0.2, 0) is 30.3 Å². The molecule has 2 aromatic rings. The number of carbonyl (C=O) groups is 4. The molecule has 3 aliphatic rings. The molecule has 1 aliphatic heterocycles. The highest BCUT2D eigenvalue weighted by atomic mass is 16.5. The Kier molecular flexibility index (Phi) is 6.69. The van der Waals surface area contributed by atoms with E-state index in [0.717, 1.165) is 16.9 Å². The Morgan fingerprint density at radius 1 is 0.973 bits per heavy atom. The molecule has 2 fully saturated rings. The van der Waals surface area contributed by atoms with Crippen LogP contribution in [0.15, 0.2) is 60.7 Å². The zero-order valence-corrected chi connectivity index (χ0v) is 20.6. The molecule has 9 nitrogen and oxygen atoms in total. The number of esters is 1. The minimum atomic E-state index is -1.16. The van der Waals surface area contributed by atoms with Crippen molar-refractivity contribution in [2.75, 3.05) is 26.1 Å². The van der Waals surface area contributed by atoms with Crippen LogP contribution in [0.1, 0.15) is 12.0 Å². The molecule has 192 valence electrons. The van der Waals surface area contributed by atoms with E-state index in [1.165, 1.54) is 14.2 Å². The van der Waals surface area contributed by atoms with E-state index in [9.17, 15) is 19.2 Å². The molecule has 37 heavy (non-hydrogen) atoms. The van der Waals surface area contributed by atoms with Gasteiger partial charge in [0.1, 0.15) is 17.5 Å². The highest BCUT2D eigenvalue weighted by Gasteiger charge is 2.61. The lowest BCUT2D eigenvalue weighted by atomic mass is 9.85. The van der Waals surface area contributed by atoms with Crippen LogP contribution in [0.5, 0.6) is 11.5 Å². The van der Waals surface area contributed by atoms with Gasteiger partial charge in [0.25, 0.3) is 5.91 Å². The fourth-order valence-corrected chi connectivity index (χ4v) is 5.67. The van der Waals surface area contributed by atoms with Crippen LogP contribution in [0.3, 0.4) is 0 Å². The summed E-state index contributed by atoms with van der Waals surface area (Å²) >= 11 is 0. The summed E-state index contributed by atoms with van der Waals surface area (Å²) < 4.78 is 15.8. The predicted molar refractivity (Wildman–Crippen MR) is 133 cm³/mol. The van der Waals surface area contributed by atoms with Gasteiger partial charge < -0.3 is 19.5 Å². The second-order valence-electron chi connectivity index (χ2n) is 9.47. The van der Waals surface area contributed by atoms with Crippen molar-refractivity contribution in [1.29, 1.82) is 0 Å². The van der Waals surface area contributed by atoms with E-state index in [4.69, 9.17) is 14.2 Å². The number of ether oxygens (including phenoxy) is 3. The van der Waals surface area contributed by atoms with Gasteiger partial charge in [-0.25, -0.2) is 4.79 Å². The van der Waals surface area contributed by atoms with Gasteiger partial charge in [-0.15, -0.1) is 0 Å². The summed E-state index contributed by atoms with van der Waals surface area (Å²) in [5, 5.41) is 2.64. The predicted octanol–water partition coefficient (Wildman–Crippen LogP) is 2.60. The van der Waals surface area contributed by atoms with Gasteiger partial charge in [0.2, 0.25) is 11.8 Å². The summed E-state index contributed by atoms with van der Waals surface area (Å²) in [6.07, 6.45) is 4.91. The number of imide groups is 1. The summed E-state index contributed by atoms with van der Waals surface area (Å²) in [7, 11) is 2.97. The first-order valence-corrected chi connectivity index (χ1v) is 12.2. The highest BCUT2D eigenvalue weighted by Crippen LogP contribution is 2.53. The fraction of sp³-hybridized carbons (Fsp3) is 0.357. The van der Waals surface area contributed by atoms with Crippen LogP contribution in [0.25, 0.3) is 0 Å². The maximum atomic E-state index is 13.4. The van der Waals surface area contributed by atoms with Gasteiger partial charge in [0.05, 0.1) is 31.7 Å². The minimum absolute atomic E-state index is 0.0232. The molecule has 2 aliphatic carbocycles. The molecule has 5 rings (SSSR count). The third kappa shape index (κ3) is 4.57. The van der Waals surface area contributed by atoms with Gasteiger partial charge in [-0.2, -0.15) is 0 Å². The Bertz CT molecular complexity index is 1230. The summed E-state index contributed by atoms with van der Waals surface area (Å²) in [6, 6.07) is 12.8. The van der Waals surface area contributed by atoms with Crippen LogP contribution < -0.4 is 14.8 Å². The van der Waals surface area contributed by atoms with E-state index >= 15 is 0 Å². The molecule has 1 heterocycles. The Balaban J connectivity index is 1.30. The van der Waals surface area contributed by atoms with E-state index in [1.807, 2.05) is 42.5 Å². The van der Waals surface area contributed by atoms with Gasteiger partial charge in [-0.3, -0.25) is 19.3 Å². The molecule has 9 heteroatoms. The van der Waals surface area contributed by atoms with Crippen molar-refractivity contribution < 1.29 is 33.4 Å². The van der Waals surface area contributed by atoms with Gasteiger partial charge >= 0.3 is 5.97 Å². The number of carbonyl (C=O) groups excluding carboxylic acids is 4. The minimum Gasteiger partial charge on any atom is -0.497 e. The number of allylic oxidation sites excluding steroid dienone is 2. The maximum absolute atomic E-state index is 13.4. The van der Waals surface area contributed by atoms with E-state index < -0.39 is 36.4 Å². The lowest BCUT2D eigenvalue weighted by Gasteiger charge is -2.26. The Morgan fingerprint density at radius 3 is 2.27 bits per heavy atom. The number of hydrogen-bond acceptors (Lipinski definition) is 7. The molecule has 2 bridgehead atoms. The van der Waals surface area contributed by atoms with Crippen molar-refractivity contribution in [3.63, 3.8) is 0 Å². The van der Waals surface area contributed by atoms with Crippen molar-refractivity contribution in [3.05, 3.63) is 66.2 Å². The number of likely N-dealkylation sites (tertiary alicyclic amines) is 1. The molecule has 0 radical (unpaired) electrons. The molecule has 2 aromatic carbocycles. The van der Waals surface area contributed by atoms with Gasteiger partial charge in [-0.05, 0) is 36.0 Å². The van der Waals surface area contributed by atoms with Crippen LogP contribution in [0, 0.1) is 23.7 Å². The standard InChI is InChI=1S/C28H28N2O7/c1-35-19-10-11-20(22(14-19)36-2)29-23(31)15-37-28(34)21(12-16-6-4-3-5-7-16)30-26(32)24-17-8-9-18(13-17)25(24)27(30)33/h3-11,14,17-18,21,24-25H,12-13,15H2,1-2H3,(H,29,31)/t17-,18-,21-,24+,25+/m0/s1. The second-order valence-corrected chi connectivity index (χ2v) is 9.47. The lowest BCUT2D eigenvalue weighted by Crippen LogP contribution is -2.48. The molecule has 0 unspecified atom stereocenters. The van der Waals surface area contributed by atoms with Crippen molar-refractivity contribution in [1.82, 2.24) is 4.90 Å². The monoisotopic (exact) mass is 504 g/mol. The average molecular weight is 505 g/mol. The normalized spacial score (nSPS) is 24.1. The van der Waals surface area contributed by atoms with Crippen LogP contribution in [0.4, 0.5) is 5.69 Å². The lowest BCUT2D eigenvalue weighted by molar-refractivity contribution is -0.160. The fourth-order valence-electron chi connectivity index (χ4n) is 5.67. The molecule has 5 atom stereocenters. The zero-order valence-electron chi connectivity index (χ0n) is 20.6. The number of amides is 3. The third-order valence-corrected chi connectivity index (χ3v) is 7.39. The van der Waals surface area contributed by atoms with E-state index in [2.05, 4.69) is 5.32 Å². The summed E-state index contributed by atoms with van der Waals surface area (Å²) in [5.74, 6) is -1.95. The molecule has 0 spiro atoms. The number of benzene rings is 2. The summed E-state index contributed by atoms with van der Waals surface area (Å²) in [4.78, 5) is 53.7. The smallest absolute Gasteiger partial charge is 0.330 e. The number of hydrogen-bond donors (Lipinski definition) is 1. The van der Waals surface area contributed by atoms with Crippen molar-refractivity contribution in [2.24, 2.45) is 23.7 Å². The number of methoxy groups -OCH3 is 2. The Morgan fingerprint density at radius 2 is 1.65 bits per heavy atom. The molecule has 1 saturated carbocycles. The summed E-state index contributed by atoms with van der Waals surface area (Å²) in [6.45, 7) is -0.588. The SMILES string of the molecule is COc1ccc(NC(=O)COC(=O)[C@H](Cc2ccccc2)N2C(=O)[C@H]3[C@H](C2=O)[C@H]2C=C[C@H]3C2)c(OC)c1. The highest BCUT2D eigenvalue weighted by molar-refractivity contribution is 6.09. The van der Waals surface area contributed by atoms with Crippen LogP contribution >= 0.6 is 0 Å². The van der Waals surface area contributed by atoms with Crippen LogP contribution in [-0.4, -0.2) is 55.5 Å². The van der Waals surface area contributed by atoms with Gasteiger partial charge in [0.15, 0.2) is 6.61 Å². The molecule has 1 saturated heterocycles. The number of nitrogens with zero attached hydrogens (tertiary/aromatic N) is 1. The molecule has 1 N–H and O–H groups in total. The largest absolute Gasteiger partial charge is 0.497 e. The maximum Gasteiger partial charge on any atom is 0.330 e. The number of anilines is 1. The number of nitrogens with one attached hydrogen (secondary N) is 1. The topological polar surface area (TPSA) is 111 Å². The Labute approximate surface area is 214 Å². The molecular weight excluding hydrogens is 476 g/mol. The van der Waals surface area contributed by atoms with Gasteiger partial charge in [-0.1, -0.05) is 42.5 Å². The first kappa shape index (κ1) is 24.5. The molecule has 3 amide bonds. The van der Waals surface area contributed by atoms with Crippen molar-refractivity contribution >= 4 is 29.4 Å². The third-order valence-electron chi connectivity index (χ3n) is 7.39. The van der Waals surface area contributed by atoms with Gasteiger partial charge in [0, 0.05) is 12.5 Å². The second kappa shape index (κ2) is 10.1. The summed E-state index contributed by atoms with van der Waals surface area (Å²) in [5.41, 5.74) is 1.15. The van der Waals surface area contributed by atoms with E-state index in [-0.39, 0.29) is 30.1 Å². The first-order valence-electron chi connectivity index (χ1n) is 12.2. The van der Waals surface area contributed by atoms with Crippen molar-refractivity contribution in [3.8, 4) is 11.5 Å². The van der Waals surface area contributed by atoms with Crippen LogP contribution in [0.2, 0.25) is 0 Å². The van der Waals surface area contributed by atoms with E-state index in [1.54, 1.807) is 18.2 Å². The molecule has 0 aromatic heterocycles. The quantitative estimate of drug-likeness (QED) is 0.317. The Hall–Kier alpha value is -4.14. The molecular formula is C28H28N2O7.